The van der Waals surface area contributed by atoms with E-state index in [1.807, 2.05) is 6.92 Å². The lowest BCUT2D eigenvalue weighted by Crippen LogP contribution is -2.34. The summed E-state index contributed by atoms with van der Waals surface area (Å²) in [7, 11) is 1.49. The van der Waals surface area contributed by atoms with Crippen LogP contribution in [-0.2, 0) is 18.1 Å². The number of methoxy groups -OCH3 is 1. The van der Waals surface area contributed by atoms with Gasteiger partial charge < -0.3 is 15.4 Å². The molecule has 0 radical (unpaired) electrons. The largest absolute Gasteiger partial charge is 0.496 e. The molecule has 0 spiro atoms. The van der Waals surface area contributed by atoms with Gasteiger partial charge in [0.05, 0.1) is 29.4 Å². The number of halogens is 3. The molecule has 2 aromatic rings. The van der Waals surface area contributed by atoms with Crippen molar-refractivity contribution in [1.29, 1.82) is 0 Å². The number of pyridine rings is 1. The van der Waals surface area contributed by atoms with E-state index in [9.17, 15) is 13.6 Å². The molecule has 0 aromatic carbocycles. The summed E-state index contributed by atoms with van der Waals surface area (Å²) in [4.78, 5) is 17.3. The van der Waals surface area contributed by atoms with Gasteiger partial charge in [-0.05, 0) is 44.4 Å². The molecule has 2 saturated carbocycles. The van der Waals surface area contributed by atoms with Gasteiger partial charge in [0.2, 0.25) is 0 Å². The minimum absolute atomic E-state index is 0.129. The molecule has 210 valence electrons. The molecular weight excluding hydrogens is 540 g/mol. The van der Waals surface area contributed by atoms with Crippen LogP contribution >= 0.6 is 11.6 Å². The molecule has 0 bridgehead atoms. The van der Waals surface area contributed by atoms with Gasteiger partial charge in [0.25, 0.3) is 11.8 Å². The van der Waals surface area contributed by atoms with E-state index in [1.165, 1.54) is 26.1 Å². The minimum atomic E-state index is -2.77. The van der Waals surface area contributed by atoms with Crippen LogP contribution in [0.15, 0.2) is 12.3 Å². The molecule has 13 heteroatoms. The lowest BCUT2D eigenvalue weighted by atomic mass is 9.83. The third-order valence-corrected chi connectivity index (χ3v) is 7.63. The molecule has 2 N–H and O–H groups in total. The fraction of sp³-hybridized carbons (Fsp3) is 0.640. The number of hydrogen-bond donors (Lipinski definition) is 2. The second-order valence-electron chi connectivity index (χ2n) is 9.85. The van der Waals surface area contributed by atoms with E-state index in [4.69, 9.17) is 24.8 Å². The minimum Gasteiger partial charge on any atom is -0.496 e. The van der Waals surface area contributed by atoms with Crippen molar-refractivity contribution in [3.63, 3.8) is 0 Å². The summed E-state index contributed by atoms with van der Waals surface area (Å²) >= 11 is 5.93. The van der Waals surface area contributed by atoms with E-state index >= 15 is 0 Å². The summed E-state index contributed by atoms with van der Waals surface area (Å²) < 4.78 is 51.9. The Morgan fingerprint density at radius 2 is 1.95 bits per heavy atom. The number of aryl methyl sites for hydroxylation is 1. The molecule has 2 aliphatic carbocycles. The first kappa shape index (κ1) is 29.9. The van der Waals surface area contributed by atoms with Crippen molar-refractivity contribution in [2.24, 2.45) is 11.8 Å². The highest BCUT2D eigenvalue weighted by atomic mass is 35.5. The summed E-state index contributed by atoms with van der Waals surface area (Å²) in [5.41, 5.74) is 1.20. The van der Waals surface area contributed by atoms with E-state index in [-0.39, 0.29) is 23.0 Å². The Bertz CT molecular complexity index is 1150. The van der Waals surface area contributed by atoms with E-state index < -0.39 is 23.5 Å². The van der Waals surface area contributed by atoms with Gasteiger partial charge in [-0.15, -0.1) is 0 Å². The van der Waals surface area contributed by atoms with E-state index in [2.05, 4.69) is 27.6 Å². The topological polar surface area (TPSA) is 115 Å². The Balaban J connectivity index is 0.00000127. The van der Waals surface area contributed by atoms with Gasteiger partial charge in [-0.25, -0.2) is 13.8 Å². The fourth-order valence-corrected chi connectivity index (χ4v) is 5.39. The molecule has 38 heavy (non-hydrogen) atoms. The first-order valence-corrected chi connectivity index (χ1v) is 13.8. The summed E-state index contributed by atoms with van der Waals surface area (Å²) in [5, 5.41) is 10.5. The highest BCUT2D eigenvalue weighted by molar-refractivity contribution is 7.51. The van der Waals surface area contributed by atoms with Gasteiger partial charge >= 0.3 is 11.6 Å². The molecule has 4 rings (SSSR count). The maximum Gasteiger partial charge on any atom is 0.335 e. The lowest BCUT2D eigenvalue weighted by molar-refractivity contribution is -0.000700. The van der Waals surface area contributed by atoms with Gasteiger partial charge in [-0.3, -0.25) is 9.48 Å². The maximum atomic E-state index is 14.1. The second-order valence-corrected chi connectivity index (χ2v) is 10.4. The maximum absolute atomic E-state index is 14.1. The van der Waals surface area contributed by atoms with Gasteiger partial charge in [0.15, 0.2) is 5.69 Å². The van der Waals surface area contributed by atoms with Gasteiger partial charge in [-0.2, -0.15) is 13.5 Å². The predicted molar refractivity (Wildman–Crippen MR) is 141 cm³/mol. The Morgan fingerprint density at radius 3 is 2.53 bits per heavy atom. The third kappa shape index (κ3) is 7.07. The number of carbonyl (C=O) groups excluding carboxylic acids is 1. The molecule has 9 nitrogen and oxygen atoms in total. The molecule has 2 fully saturated rings. The number of nitrogens with zero attached hydrogens (tertiary/aromatic N) is 3. The zero-order valence-corrected chi connectivity index (χ0v) is 23.3. The first-order chi connectivity index (χ1) is 18.1. The molecule has 0 unspecified atom stereocenters. The Kier molecular flexibility index (Phi) is 10.6. The number of carbonyl (C=O) groups is 1. The molecule has 1 amide bonds. The normalized spacial score (nSPS) is 22.2. The van der Waals surface area contributed by atoms with Crippen LogP contribution in [0.25, 0.3) is 11.3 Å². The van der Waals surface area contributed by atoms with Crippen molar-refractivity contribution in [2.75, 3.05) is 19.0 Å². The highest BCUT2D eigenvalue weighted by Gasteiger charge is 2.44. The Morgan fingerprint density at radius 1 is 1.26 bits per heavy atom. The van der Waals surface area contributed by atoms with Crippen LogP contribution in [0.2, 0.25) is 5.02 Å². The van der Waals surface area contributed by atoms with Crippen LogP contribution in [0, 0.1) is 11.8 Å². The molecule has 2 heterocycles. The standard InChI is InChI=1S/C25H34ClF2N5O2.O2S/c1-4-33-23(21(26)22(32-33)24(34)30-13-16-9-7-15(2)8-10-16)17-14-29-20(12-18(17)35-3)31-19-6-5-11-25(19,27)28;1-3-2/h12,14-16,19H,4-11,13H2,1-3H3,(H,29,31)(H,30,34);/t15?,16?,19-;/m0./s1. The second kappa shape index (κ2) is 13.5. The van der Waals surface area contributed by atoms with Crippen LogP contribution in [0.1, 0.15) is 69.3 Å². The van der Waals surface area contributed by atoms with Gasteiger partial charge in [-0.1, -0.05) is 31.4 Å². The number of aromatic nitrogens is 3. The van der Waals surface area contributed by atoms with Crippen LogP contribution < -0.4 is 15.4 Å². The Hall–Kier alpha value is -2.60. The SMILES string of the molecule is CCn1nc(C(=O)NCC2CCC(C)CC2)c(Cl)c1-c1cnc(N[C@H]2CCCC2(F)F)cc1OC.O=S=O. The number of nitrogens with one attached hydrogen (secondary N) is 2. The number of ether oxygens (including phenoxy) is 1. The van der Waals surface area contributed by atoms with Crippen molar-refractivity contribution >= 4 is 34.9 Å². The van der Waals surface area contributed by atoms with Crippen LogP contribution in [0.3, 0.4) is 0 Å². The van der Waals surface area contributed by atoms with Crippen molar-refractivity contribution in [3.05, 3.63) is 23.0 Å². The molecule has 2 aromatic heterocycles. The smallest absolute Gasteiger partial charge is 0.335 e. The van der Waals surface area contributed by atoms with Crippen LogP contribution in [0.4, 0.5) is 14.6 Å². The summed E-state index contributed by atoms with van der Waals surface area (Å²) in [6.07, 6.45) is 6.84. The average molecular weight is 574 g/mol. The summed E-state index contributed by atoms with van der Waals surface area (Å²) in [6.45, 7) is 5.24. The number of amides is 1. The van der Waals surface area contributed by atoms with Crippen molar-refractivity contribution in [3.8, 4) is 17.0 Å². The van der Waals surface area contributed by atoms with Crippen LogP contribution in [-0.4, -0.2) is 54.7 Å². The zero-order valence-electron chi connectivity index (χ0n) is 21.8. The highest BCUT2D eigenvalue weighted by Crippen LogP contribution is 2.40. The number of rotatable bonds is 8. The summed E-state index contributed by atoms with van der Waals surface area (Å²) in [5.74, 6) is -1.15. The van der Waals surface area contributed by atoms with Crippen LogP contribution in [0.5, 0.6) is 5.75 Å². The van der Waals surface area contributed by atoms with Crippen molar-refractivity contribution in [1.82, 2.24) is 20.1 Å². The predicted octanol–water partition coefficient (Wildman–Crippen LogP) is 5.11. The molecule has 1 atom stereocenters. The van der Waals surface area contributed by atoms with Gasteiger partial charge in [0, 0.05) is 31.8 Å². The lowest BCUT2D eigenvalue weighted by Gasteiger charge is -2.26. The van der Waals surface area contributed by atoms with E-state index in [0.717, 1.165) is 18.8 Å². The fourth-order valence-electron chi connectivity index (χ4n) is 5.07. The molecule has 0 aliphatic heterocycles. The third-order valence-electron chi connectivity index (χ3n) is 7.27. The van der Waals surface area contributed by atoms with E-state index in [1.54, 1.807) is 10.7 Å². The molecular formula is C25H34ClF2N5O4S. The monoisotopic (exact) mass is 573 g/mol. The number of anilines is 1. The first-order valence-electron chi connectivity index (χ1n) is 12.8. The van der Waals surface area contributed by atoms with Gasteiger partial charge in [0.1, 0.15) is 11.6 Å². The van der Waals surface area contributed by atoms with Crippen molar-refractivity contribution < 1.29 is 26.7 Å². The number of alkyl halides is 2. The van der Waals surface area contributed by atoms with E-state index in [0.29, 0.717) is 54.7 Å². The Labute approximate surface area is 229 Å². The summed E-state index contributed by atoms with van der Waals surface area (Å²) in [6, 6.07) is 0.620. The quantitative estimate of drug-likeness (QED) is 0.451. The average Bonchev–Trinajstić information content (AvgIpc) is 3.41. The molecule has 2 aliphatic rings. The number of hydrogen-bond acceptors (Lipinski definition) is 7. The molecule has 0 saturated heterocycles. The zero-order chi connectivity index (χ0) is 27.9. The van der Waals surface area contributed by atoms with Crippen molar-refractivity contribution in [2.45, 2.75) is 77.3 Å².